The average Bonchev–Trinajstić information content (AvgIpc) is 4.01. The molecule has 9 aromatic carbocycles. The number of furan rings is 1. The van der Waals surface area contributed by atoms with E-state index in [1.165, 1.54) is 55.1 Å². The van der Waals surface area contributed by atoms with Crippen molar-refractivity contribution in [3.05, 3.63) is 229 Å². The van der Waals surface area contributed by atoms with E-state index in [1.54, 1.807) is 0 Å². The summed E-state index contributed by atoms with van der Waals surface area (Å²) >= 11 is 0. The summed E-state index contributed by atoms with van der Waals surface area (Å²) < 4.78 is 11.6. The topological polar surface area (TPSA) is 23.0 Å². The van der Waals surface area contributed by atoms with Gasteiger partial charge in [-0.15, -0.1) is 0 Å². The van der Waals surface area contributed by atoms with E-state index in [4.69, 9.17) is 4.42 Å². The number of para-hydroxylation sites is 3. The fourth-order valence-electron chi connectivity index (χ4n) is 10.4. The molecule has 3 nitrogen and oxygen atoms in total. The van der Waals surface area contributed by atoms with Crippen LogP contribution >= 0.6 is 0 Å². The predicted molar refractivity (Wildman–Crippen MR) is 240 cm³/mol. The Balaban J connectivity index is 1.15. The third kappa shape index (κ3) is 4.07. The molecule has 0 amide bonds. The van der Waals surface area contributed by atoms with Gasteiger partial charge in [-0.2, -0.15) is 0 Å². The molecule has 12 aromatic rings. The van der Waals surface area contributed by atoms with Gasteiger partial charge in [-0.25, -0.2) is 0 Å². The normalized spacial score (nSPS) is 13.3. The molecule has 3 heteroatoms. The SMILES string of the molecule is c1ccc(-n2c3cc4c(cc3c3c5oc6ccccc6c5ccc32)c2ccccc2n4-c2ccc3c(c2)C(c2ccccc2)(c2ccccc2)c2ccccc2-3)cc1. The van der Waals surface area contributed by atoms with Crippen molar-refractivity contribution >= 4 is 65.6 Å². The van der Waals surface area contributed by atoms with Gasteiger partial charge in [0.1, 0.15) is 11.2 Å². The Bertz CT molecular complexity index is 3570. The van der Waals surface area contributed by atoms with E-state index in [0.29, 0.717) is 0 Å². The van der Waals surface area contributed by atoms with E-state index in [1.807, 2.05) is 0 Å². The van der Waals surface area contributed by atoms with Crippen molar-refractivity contribution in [2.24, 2.45) is 0 Å². The second-order valence-electron chi connectivity index (χ2n) is 15.6. The van der Waals surface area contributed by atoms with Gasteiger partial charge in [-0.1, -0.05) is 146 Å². The van der Waals surface area contributed by atoms with E-state index in [2.05, 4.69) is 215 Å². The highest BCUT2D eigenvalue weighted by atomic mass is 16.3. The van der Waals surface area contributed by atoms with E-state index >= 15 is 0 Å². The Labute approximate surface area is 334 Å². The van der Waals surface area contributed by atoms with Crippen molar-refractivity contribution < 1.29 is 4.42 Å². The summed E-state index contributed by atoms with van der Waals surface area (Å²) in [5.41, 5.74) is 15.9. The van der Waals surface area contributed by atoms with Crippen LogP contribution in [0.4, 0.5) is 0 Å². The molecule has 0 atom stereocenters. The van der Waals surface area contributed by atoms with Crippen molar-refractivity contribution in [1.82, 2.24) is 9.13 Å². The quantitative estimate of drug-likeness (QED) is 0.176. The fourth-order valence-corrected chi connectivity index (χ4v) is 10.4. The van der Waals surface area contributed by atoms with E-state index in [9.17, 15) is 0 Å². The lowest BCUT2D eigenvalue weighted by molar-refractivity contribution is 0.673. The maximum atomic E-state index is 6.74. The molecule has 0 saturated heterocycles. The predicted octanol–water partition coefficient (Wildman–Crippen LogP) is 14.1. The van der Waals surface area contributed by atoms with E-state index in [0.717, 1.165) is 55.2 Å². The first-order valence-corrected chi connectivity index (χ1v) is 20.0. The maximum Gasteiger partial charge on any atom is 0.145 e. The Morgan fingerprint density at radius 3 is 1.76 bits per heavy atom. The van der Waals surface area contributed by atoms with Gasteiger partial charge in [0.05, 0.1) is 32.9 Å². The Morgan fingerprint density at radius 1 is 0.345 bits per heavy atom. The van der Waals surface area contributed by atoms with Gasteiger partial charge in [0.25, 0.3) is 0 Å². The molecule has 1 aliphatic rings. The third-order valence-electron chi connectivity index (χ3n) is 12.8. The lowest BCUT2D eigenvalue weighted by atomic mass is 9.67. The molecule has 3 aromatic heterocycles. The van der Waals surface area contributed by atoms with Crippen LogP contribution < -0.4 is 0 Å². The molecule has 0 spiro atoms. The number of hydrogen-bond donors (Lipinski definition) is 0. The van der Waals surface area contributed by atoms with Crippen LogP contribution in [-0.4, -0.2) is 9.13 Å². The second kappa shape index (κ2) is 11.7. The molecule has 0 fully saturated rings. The summed E-state index contributed by atoms with van der Waals surface area (Å²) in [5.74, 6) is 0. The van der Waals surface area contributed by atoms with Crippen molar-refractivity contribution in [3.8, 4) is 22.5 Å². The number of hydrogen-bond acceptors (Lipinski definition) is 1. The highest BCUT2D eigenvalue weighted by Gasteiger charge is 2.46. The van der Waals surface area contributed by atoms with Gasteiger partial charge in [-0.05, 0) is 94.0 Å². The van der Waals surface area contributed by atoms with Crippen LogP contribution in [0.2, 0.25) is 0 Å². The van der Waals surface area contributed by atoms with Gasteiger partial charge in [-0.3, -0.25) is 0 Å². The van der Waals surface area contributed by atoms with Crippen LogP contribution in [0.25, 0.3) is 88.1 Å². The zero-order valence-electron chi connectivity index (χ0n) is 31.4. The minimum Gasteiger partial charge on any atom is -0.455 e. The van der Waals surface area contributed by atoms with Gasteiger partial charge in [0.2, 0.25) is 0 Å². The van der Waals surface area contributed by atoms with Crippen LogP contribution in [-0.2, 0) is 5.41 Å². The molecular formula is C55H34N2O. The van der Waals surface area contributed by atoms with Crippen LogP contribution in [0.3, 0.4) is 0 Å². The van der Waals surface area contributed by atoms with Crippen molar-refractivity contribution in [3.63, 3.8) is 0 Å². The van der Waals surface area contributed by atoms with Gasteiger partial charge in [0, 0.05) is 38.3 Å². The van der Waals surface area contributed by atoms with E-state index in [-0.39, 0.29) is 0 Å². The van der Waals surface area contributed by atoms with Crippen LogP contribution in [0.15, 0.2) is 211 Å². The minimum atomic E-state index is -0.492. The van der Waals surface area contributed by atoms with Crippen molar-refractivity contribution in [1.29, 1.82) is 0 Å². The smallest absolute Gasteiger partial charge is 0.145 e. The highest BCUT2D eigenvalue weighted by molar-refractivity contribution is 6.26. The number of fused-ring (bicyclic) bond motifs is 13. The first kappa shape index (κ1) is 31.6. The lowest BCUT2D eigenvalue weighted by Crippen LogP contribution is -2.28. The number of nitrogens with zero attached hydrogens (tertiary/aromatic N) is 2. The monoisotopic (exact) mass is 738 g/mol. The summed E-state index contributed by atoms with van der Waals surface area (Å²) in [7, 11) is 0. The molecule has 0 N–H and O–H groups in total. The highest BCUT2D eigenvalue weighted by Crippen LogP contribution is 2.56. The van der Waals surface area contributed by atoms with Crippen LogP contribution in [0.1, 0.15) is 22.3 Å². The molecule has 0 bridgehead atoms. The molecule has 0 unspecified atom stereocenters. The zero-order valence-corrected chi connectivity index (χ0v) is 31.4. The molecule has 0 radical (unpaired) electrons. The number of benzene rings is 9. The van der Waals surface area contributed by atoms with Gasteiger partial charge >= 0.3 is 0 Å². The molecule has 0 aliphatic heterocycles. The molecule has 0 saturated carbocycles. The molecule has 58 heavy (non-hydrogen) atoms. The Kier molecular flexibility index (Phi) is 6.37. The molecule has 1 aliphatic carbocycles. The molecule has 3 heterocycles. The van der Waals surface area contributed by atoms with Gasteiger partial charge < -0.3 is 13.6 Å². The molecular weight excluding hydrogens is 705 g/mol. The van der Waals surface area contributed by atoms with Crippen molar-refractivity contribution in [2.75, 3.05) is 0 Å². The first-order valence-electron chi connectivity index (χ1n) is 20.0. The molecule has 270 valence electrons. The van der Waals surface area contributed by atoms with Gasteiger partial charge in [0.15, 0.2) is 0 Å². The van der Waals surface area contributed by atoms with Crippen LogP contribution in [0.5, 0.6) is 0 Å². The third-order valence-corrected chi connectivity index (χ3v) is 12.8. The standard InChI is InChI=1S/C55H34N2O/c1-4-16-35(17-5-1)55(36-18-6-2-7-19-36)46-25-13-10-22-39(46)40-29-28-38(32-47(40)55)57-48-26-14-11-23-41(48)44-33-45-51(34-50(44)57)56(37-20-8-3-9-21-37)49-31-30-43-42-24-12-15-27-52(42)58-54(43)53(45)49/h1-34H. The van der Waals surface area contributed by atoms with Crippen molar-refractivity contribution in [2.45, 2.75) is 5.41 Å². The second-order valence-corrected chi connectivity index (χ2v) is 15.6. The molecule has 13 rings (SSSR count). The summed E-state index contributed by atoms with van der Waals surface area (Å²) in [4.78, 5) is 0. The summed E-state index contributed by atoms with van der Waals surface area (Å²) in [6.07, 6.45) is 0. The number of rotatable bonds is 4. The first-order chi connectivity index (χ1) is 28.8. The van der Waals surface area contributed by atoms with E-state index < -0.39 is 5.41 Å². The summed E-state index contributed by atoms with van der Waals surface area (Å²) in [5, 5.41) is 7.02. The Hall–Kier alpha value is -7.62. The summed E-state index contributed by atoms with van der Waals surface area (Å²) in [6.45, 7) is 0. The minimum absolute atomic E-state index is 0.492. The zero-order chi connectivity index (χ0) is 38.0. The van der Waals surface area contributed by atoms with Crippen LogP contribution in [0, 0.1) is 0 Å². The fraction of sp³-hybridized carbons (Fsp3) is 0.0182. The average molecular weight is 739 g/mol. The number of aromatic nitrogens is 2. The largest absolute Gasteiger partial charge is 0.455 e. The summed E-state index contributed by atoms with van der Waals surface area (Å²) in [6, 6.07) is 75.5. The Morgan fingerprint density at radius 2 is 0.966 bits per heavy atom. The lowest BCUT2D eigenvalue weighted by Gasteiger charge is -2.34. The maximum absolute atomic E-state index is 6.74.